The molecule has 0 aromatic heterocycles. The normalized spacial score (nSPS) is 12.7. The Labute approximate surface area is 132 Å². The van der Waals surface area contributed by atoms with Crippen molar-refractivity contribution in [1.29, 1.82) is 0 Å². The van der Waals surface area contributed by atoms with Crippen LogP contribution in [0.3, 0.4) is 0 Å². The lowest BCUT2D eigenvalue weighted by atomic mass is 10.2. The molecule has 0 saturated carbocycles. The van der Waals surface area contributed by atoms with Crippen molar-refractivity contribution in [3.8, 4) is 0 Å². The molecule has 23 heavy (non-hydrogen) atoms. The van der Waals surface area contributed by atoms with E-state index in [0.29, 0.717) is 0 Å². The molecule has 0 bridgehead atoms. The largest absolute Gasteiger partial charge is 0.451 e. The van der Waals surface area contributed by atoms with Crippen LogP contribution in [0, 0.1) is 10.1 Å². The van der Waals surface area contributed by atoms with Gasteiger partial charge in [0, 0.05) is 24.7 Å². The van der Waals surface area contributed by atoms with Crippen LogP contribution < -0.4 is 10.6 Å². The van der Waals surface area contributed by atoms with Crippen LogP contribution in [0.1, 0.15) is 20.8 Å². The van der Waals surface area contributed by atoms with E-state index in [-0.39, 0.29) is 11.4 Å². The van der Waals surface area contributed by atoms with Gasteiger partial charge in [0.1, 0.15) is 6.04 Å². The maximum Gasteiger partial charge on any atom is 0.329 e. The number of benzene rings is 1. The number of rotatable bonds is 6. The molecule has 9 heteroatoms. The van der Waals surface area contributed by atoms with Crippen LogP contribution in [0.15, 0.2) is 24.3 Å². The highest BCUT2D eigenvalue weighted by Crippen LogP contribution is 2.17. The molecule has 0 unspecified atom stereocenters. The number of non-ortho nitro benzene ring substituents is 1. The summed E-state index contributed by atoms with van der Waals surface area (Å²) in [6, 6.07) is 4.48. The number of nitro groups is 1. The monoisotopic (exact) mass is 323 g/mol. The Morgan fingerprint density at radius 3 is 2.48 bits per heavy atom. The summed E-state index contributed by atoms with van der Waals surface area (Å²) in [6.45, 7) is 4.03. The Kier molecular flexibility index (Phi) is 6.19. The van der Waals surface area contributed by atoms with Crippen LogP contribution in [-0.4, -0.2) is 34.9 Å². The van der Waals surface area contributed by atoms with Gasteiger partial charge in [0.2, 0.25) is 5.91 Å². The molecule has 2 N–H and O–H groups in total. The third kappa shape index (κ3) is 5.73. The zero-order valence-corrected chi connectivity index (χ0v) is 12.9. The fraction of sp³-hybridized carbons (Fsp3) is 0.357. The van der Waals surface area contributed by atoms with Crippen molar-refractivity contribution in [2.75, 3.05) is 5.32 Å². The standard InChI is InChI=1S/C14H17N3O6/c1-8(15-10(3)18)14(20)23-9(2)13(19)16-11-5-4-6-12(7-11)17(21)22/h4-9H,1-3H3,(H,15,18)(H,16,19)/t8-,9+/m1/s1. The predicted molar refractivity (Wildman–Crippen MR) is 80.6 cm³/mol. The SMILES string of the molecule is CC(=O)N[C@H](C)C(=O)O[C@@H](C)C(=O)Nc1cccc([N+](=O)[O-])c1. The second kappa shape index (κ2) is 7.87. The molecule has 1 aromatic rings. The maximum absolute atomic E-state index is 11.9. The zero-order valence-electron chi connectivity index (χ0n) is 12.9. The van der Waals surface area contributed by atoms with Gasteiger partial charge in [-0.3, -0.25) is 19.7 Å². The molecule has 0 spiro atoms. The molecule has 1 rings (SSSR count). The third-order valence-corrected chi connectivity index (χ3v) is 2.76. The average Bonchev–Trinajstić information content (AvgIpc) is 2.46. The van der Waals surface area contributed by atoms with Gasteiger partial charge >= 0.3 is 5.97 Å². The molecule has 0 aliphatic heterocycles. The molecule has 124 valence electrons. The number of nitrogens with one attached hydrogen (secondary N) is 2. The van der Waals surface area contributed by atoms with Crippen LogP contribution >= 0.6 is 0 Å². The highest BCUT2D eigenvalue weighted by Gasteiger charge is 2.22. The molecule has 0 aliphatic rings. The number of carbonyl (C=O) groups is 3. The molecular weight excluding hydrogens is 306 g/mol. The number of anilines is 1. The summed E-state index contributed by atoms with van der Waals surface area (Å²) in [6.07, 6.45) is -1.13. The van der Waals surface area contributed by atoms with Gasteiger partial charge in [0.05, 0.1) is 4.92 Å². The summed E-state index contributed by atoms with van der Waals surface area (Å²) in [4.78, 5) is 44.5. The lowest BCUT2D eigenvalue weighted by Gasteiger charge is -2.17. The summed E-state index contributed by atoms with van der Waals surface area (Å²) in [7, 11) is 0. The van der Waals surface area contributed by atoms with Crippen molar-refractivity contribution < 1.29 is 24.0 Å². The topological polar surface area (TPSA) is 128 Å². The number of amides is 2. The lowest BCUT2D eigenvalue weighted by molar-refractivity contribution is -0.384. The first-order valence-corrected chi connectivity index (χ1v) is 6.73. The summed E-state index contributed by atoms with van der Waals surface area (Å²) in [5.41, 5.74) is 0.0359. The quantitative estimate of drug-likeness (QED) is 0.456. The van der Waals surface area contributed by atoms with E-state index in [1.54, 1.807) is 0 Å². The van der Waals surface area contributed by atoms with Crippen molar-refractivity contribution in [1.82, 2.24) is 5.32 Å². The second-order valence-electron chi connectivity index (χ2n) is 4.80. The number of ether oxygens (including phenoxy) is 1. The van der Waals surface area contributed by atoms with Gasteiger partial charge in [0.25, 0.3) is 11.6 Å². The molecule has 1 aromatic carbocycles. The number of esters is 1. The Morgan fingerprint density at radius 1 is 1.26 bits per heavy atom. The summed E-state index contributed by atoms with van der Waals surface area (Å²) < 4.78 is 4.93. The van der Waals surface area contributed by atoms with Crippen LogP contribution in [-0.2, 0) is 19.1 Å². The highest BCUT2D eigenvalue weighted by atomic mass is 16.6. The predicted octanol–water partition coefficient (Wildman–Crippen LogP) is 0.990. The molecule has 0 aliphatic carbocycles. The zero-order chi connectivity index (χ0) is 17.6. The van der Waals surface area contributed by atoms with E-state index >= 15 is 0 Å². The summed E-state index contributed by atoms with van der Waals surface area (Å²) >= 11 is 0. The van der Waals surface area contributed by atoms with Crippen molar-refractivity contribution in [3.63, 3.8) is 0 Å². The van der Waals surface area contributed by atoms with E-state index in [0.717, 1.165) is 0 Å². The van der Waals surface area contributed by atoms with Gasteiger partial charge in [-0.1, -0.05) is 6.07 Å². The van der Waals surface area contributed by atoms with Crippen LogP contribution in [0.25, 0.3) is 0 Å². The van der Waals surface area contributed by atoms with E-state index in [1.807, 2.05) is 0 Å². The minimum Gasteiger partial charge on any atom is -0.451 e. The molecule has 0 saturated heterocycles. The first-order chi connectivity index (χ1) is 10.7. The third-order valence-electron chi connectivity index (χ3n) is 2.76. The molecule has 0 fully saturated rings. The highest BCUT2D eigenvalue weighted by molar-refractivity contribution is 5.95. The number of hydrogen-bond acceptors (Lipinski definition) is 6. The van der Waals surface area contributed by atoms with Crippen molar-refractivity contribution >= 4 is 29.2 Å². The van der Waals surface area contributed by atoms with Gasteiger partial charge in [-0.05, 0) is 19.9 Å². The van der Waals surface area contributed by atoms with Gasteiger partial charge in [-0.25, -0.2) is 4.79 Å². The Balaban J connectivity index is 2.63. The molecule has 2 atom stereocenters. The number of carbonyl (C=O) groups excluding carboxylic acids is 3. The van der Waals surface area contributed by atoms with Crippen molar-refractivity contribution in [2.24, 2.45) is 0 Å². The number of nitro benzene ring substituents is 1. The fourth-order valence-electron chi connectivity index (χ4n) is 1.63. The molecule has 0 radical (unpaired) electrons. The summed E-state index contributed by atoms with van der Waals surface area (Å²) in [5, 5.41) is 15.4. The summed E-state index contributed by atoms with van der Waals surface area (Å²) in [5.74, 6) is -1.81. The molecule has 2 amide bonds. The van der Waals surface area contributed by atoms with Crippen LogP contribution in [0.2, 0.25) is 0 Å². The number of hydrogen-bond donors (Lipinski definition) is 2. The second-order valence-corrected chi connectivity index (χ2v) is 4.80. The Bertz CT molecular complexity index is 631. The van der Waals surface area contributed by atoms with Crippen molar-refractivity contribution in [3.05, 3.63) is 34.4 Å². The van der Waals surface area contributed by atoms with E-state index in [4.69, 9.17) is 4.74 Å². The lowest BCUT2D eigenvalue weighted by Crippen LogP contribution is -2.41. The Morgan fingerprint density at radius 2 is 1.91 bits per heavy atom. The molecule has 0 heterocycles. The van der Waals surface area contributed by atoms with E-state index in [1.165, 1.54) is 45.0 Å². The maximum atomic E-state index is 11.9. The van der Waals surface area contributed by atoms with Crippen LogP contribution in [0.5, 0.6) is 0 Å². The molecule has 9 nitrogen and oxygen atoms in total. The van der Waals surface area contributed by atoms with E-state index in [2.05, 4.69) is 10.6 Å². The minimum absolute atomic E-state index is 0.174. The van der Waals surface area contributed by atoms with Crippen LogP contribution in [0.4, 0.5) is 11.4 Å². The van der Waals surface area contributed by atoms with Gasteiger partial charge < -0.3 is 15.4 Å². The van der Waals surface area contributed by atoms with E-state index < -0.39 is 34.9 Å². The first kappa shape index (κ1) is 18.1. The Hall–Kier alpha value is -2.97. The van der Waals surface area contributed by atoms with E-state index in [9.17, 15) is 24.5 Å². The minimum atomic E-state index is -1.13. The van der Waals surface area contributed by atoms with Crippen molar-refractivity contribution in [2.45, 2.75) is 32.9 Å². The smallest absolute Gasteiger partial charge is 0.329 e. The van der Waals surface area contributed by atoms with Gasteiger partial charge in [0.15, 0.2) is 6.10 Å². The molecular formula is C14H17N3O6. The average molecular weight is 323 g/mol. The first-order valence-electron chi connectivity index (χ1n) is 6.73. The number of nitrogens with zero attached hydrogens (tertiary/aromatic N) is 1. The fourth-order valence-corrected chi connectivity index (χ4v) is 1.63. The van der Waals surface area contributed by atoms with Gasteiger partial charge in [-0.2, -0.15) is 0 Å². The van der Waals surface area contributed by atoms with Gasteiger partial charge in [-0.15, -0.1) is 0 Å².